The van der Waals surface area contributed by atoms with Gasteiger partial charge in [0, 0.05) is 18.5 Å². The molecule has 2 aromatic carbocycles. The third kappa shape index (κ3) is 3.26. The van der Waals surface area contributed by atoms with E-state index in [1.807, 2.05) is 44.2 Å². The molecule has 0 bridgehead atoms. The molecule has 0 radical (unpaired) electrons. The number of benzene rings is 2. The standard InChI is InChI=1S/C16H22N2O2S/c1-3-18(12-13(2)11-17)21(19,20)16-10-6-8-14-7-4-5-9-15(14)16/h4-10,13H,3,11-12,17H2,1-2H3. The van der Waals surface area contributed by atoms with E-state index in [4.69, 9.17) is 5.73 Å². The van der Waals surface area contributed by atoms with Crippen LogP contribution in [0.4, 0.5) is 0 Å². The molecule has 4 nitrogen and oxygen atoms in total. The molecule has 1 atom stereocenters. The molecule has 0 amide bonds. The topological polar surface area (TPSA) is 63.4 Å². The van der Waals surface area contributed by atoms with Crippen LogP contribution in [0.5, 0.6) is 0 Å². The van der Waals surface area contributed by atoms with Crippen molar-refractivity contribution >= 4 is 20.8 Å². The van der Waals surface area contributed by atoms with Gasteiger partial charge in [-0.25, -0.2) is 8.42 Å². The van der Waals surface area contributed by atoms with Crippen LogP contribution in [0.15, 0.2) is 47.4 Å². The molecule has 0 aliphatic rings. The predicted molar refractivity (Wildman–Crippen MR) is 86.6 cm³/mol. The van der Waals surface area contributed by atoms with Crippen LogP contribution in [-0.2, 0) is 10.0 Å². The second kappa shape index (κ2) is 6.56. The maximum absolute atomic E-state index is 12.9. The first-order chi connectivity index (χ1) is 10.0. The number of rotatable bonds is 6. The van der Waals surface area contributed by atoms with E-state index in [1.54, 1.807) is 12.1 Å². The van der Waals surface area contributed by atoms with Crippen LogP contribution >= 0.6 is 0 Å². The number of fused-ring (bicyclic) bond motifs is 1. The van der Waals surface area contributed by atoms with Gasteiger partial charge >= 0.3 is 0 Å². The normalized spacial score (nSPS) is 13.7. The molecule has 21 heavy (non-hydrogen) atoms. The van der Waals surface area contributed by atoms with Gasteiger partial charge in [0.15, 0.2) is 0 Å². The van der Waals surface area contributed by atoms with Gasteiger partial charge < -0.3 is 5.73 Å². The SMILES string of the molecule is CCN(CC(C)CN)S(=O)(=O)c1cccc2ccccc12. The van der Waals surface area contributed by atoms with Crippen LogP contribution in [0.25, 0.3) is 10.8 Å². The lowest BCUT2D eigenvalue weighted by atomic mass is 10.1. The third-order valence-corrected chi connectivity index (χ3v) is 5.64. The molecule has 0 fully saturated rings. The van der Waals surface area contributed by atoms with Crippen LogP contribution in [0.1, 0.15) is 13.8 Å². The van der Waals surface area contributed by atoms with Gasteiger partial charge in [0.2, 0.25) is 10.0 Å². The van der Waals surface area contributed by atoms with Gasteiger partial charge in [-0.1, -0.05) is 50.2 Å². The van der Waals surface area contributed by atoms with Crippen molar-refractivity contribution in [1.29, 1.82) is 0 Å². The van der Waals surface area contributed by atoms with Gasteiger partial charge in [0.05, 0.1) is 4.90 Å². The summed E-state index contributed by atoms with van der Waals surface area (Å²) >= 11 is 0. The number of sulfonamides is 1. The zero-order chi connectivity index (χ0) is 15.5. The van der Waals surface area contributed by atoms with Crippen molar-refractivity contribution in [3.63, 3.8) is 0 Å². The number of nitrogens with zero attached hydrogens (tertiary/aromatic N) is 1. The quantitative estimate of drug-likeness (QED) is 0.891. The van der Waals surface area contributed by atoms with E-state index < -0.39 is 10.0 Å². The molecular weight excluding hydrogens is 284 g/mol. The zero-order valence-electron chi connectivity index (χ0n) is 12.5. The zero-order valence-corrected chi connectivity index (χ0v) is 13.3. The maximum Gasteiger partial charge on any atom is 0.243 e. The van der Waals surface area contributed by atoms with E-state index in [0.29, 0.717) is 24.5 Å². The van der Waals surface area contributed by atoms with E-state index >= 15 is 0 Å². The highest BCUT2D eigenvalue weighted by atomic mass is 32.2. The smallest absolute Gasteiger partial charge is 0.243 e. The minimum absolute atomic E-state index is 0.134. The Morgan fingerprint density at radius 3 is 2.48 bits per heavy atom. The van der Waals surface area contributed by atoms with E-state index in [1.165, 1.54) is 4.31 Å². The summed E-state index contributed by atoms with van der Waals surface area (Å²) in [6.45, 7) is 5.17. The van der Waals surface area contributed by atoms with Crippen LogP contribution in [0.2, 0.25) is 0 Å². The summed E-state index contributed by atoms with van der Waals surface area (Å²) in [6, 6.07) is 12.9. The molecule has 0 aliphatic heterocycles. The second-order valence-electron chi connectivity index (χ2n) is 5.27. The molecule has 0 heterocycles. The average Bonchev–Trinajstić information content (AvgIpc) is 2.51. The summed E-state index contributed by atoms with van der Waals surface area (Å²) in [5.41, 5.74) is 5.63. The van der Waals surface area contributed by atoms with Crippen molar-refractivity contribution in [2.75, 3.05) is 19.6 Å². The van der Waals surface area contributed by atoms with Gasteiger partial charge in [0.1, 0.15) is 0 Å². The number of hydrogen-bond donors (Lipinski definition) is 1. The highest BCUT2D eigenvalue weighted by molar-refractivity contribution is 7.89. The summed E-state index contributed by atoms with van der Waals surface area (Å²) < 4.78 is 27.3. The molecule has 0 spiro atoms. The molecule has 2 N–H and O–H groups in total. The van der Waals surface area contributed by atoms with Crippen LogP contribution in [0, 0.1) is 5.92 Å². The van der Waals surface area contributed by atoms with E-state index in [2.05, 4.69) is 0 Å². The van der Waals surface area contributed by atoms with E-state index in [9.17, 15) is 8.42 Å². The Morgan fingerprint density at radius 2 is 1.81 bits per heavy atom. The Morgan fingerprint density at radius 1 is 1.14 bits per heavy atom. The van der Waals surface area contributed by atoms with Crippen molar-refractivity contribution in [3.8, 4) is 0 Å². The van der Waals surface area contributed by atoms with E-state index in [0.717, 1.165) is 10.8 Å². The maximum atomic E-state index is 12.9. The summed E-state index contributed by atoms with van der Waals surface area (Å²) in [5.74, 6) is 0.134. The summed E-state index contributed by atoms with van der Waals surface area (Å²) in [7, 11) is -3.51. The van der Waals surface area contributed by atoms with E-state index in [-0.39, 0.29) is 5.92 Å². The van der Waals surface area contributed by atoms with Crippen molar-refractivity contribution in [2.45, 2.75) is 18.7 Å². The summed E-state index contributed by atoms with van der Waals surface area (Å²) in [6.07, 6.45) is 0. The first kappa shape index (κ1) is 15.9. The van der Waals surface area contributed by atoms with Crippen LogP contribution < -0.4 is 5.73 Å². The molecule has 1 unspecified atom stereocenters. The Hall–Kier alpha value is -1.43. The van der Waals surface area contributed by atoms with Gasteiger partial charge in [-0.3, -0.25) is 0 Å². The lowest BCUT2D eigenvalue weighted by Crippen LogP contribution is -2.36. The Balaban J connectivity index is 2.50. The molecule has 0 aliphatic carbocycles. The molecule has 2 aromatic rings. The third-order valence-electron chi connectivity index (χ3n) is 3.64. The Labute approximate surface area is 126 Å². The fourth-order valence-corrected chi connectivity index (χ4v) is 4.16. The van der Waals surface area contributed by atoms with Crippen molar-refractivity contribution in [2.24, 2.45) is 11.7 Å². The molecule has 5 heteroatoms. The highest BCUT2D eigenvalue weighted by Crippen LogP contribution is 2.26. The van der Waals surface area contributed by atoms with Crippen LogP contribution in [0.3, 0.4) is 0 Å². The van der Waals surface area contributed by atoms with Gasteiger partial charge in [-0.2, -0.15) is 4.31 Å². The first-order valence-corrected chi connectivity index (χ1v) is 8.62. The minimum Gasteiger partial charge on any atom is -0.330 e. The summed E-state index contributed by atoms with van der Waals surface area (Å²) in [5, 5.41) is 1.69. The van der Waals surface area contributed by atoms with Crippen molar-refractivity contribution < 1.29 is 8.42 Å². The fourth-order valence-electron chi connectivity index (χ4n) is 2.38. The fraction of sp³-hybridized carbons (Fsp3) is 0.375. The van der Waals surface area contributed by atoms with Crippen molar-refractivity contribution in [1.82, 2.24) is 4.31 Å². The number of nitrogens with two attached hydrogens (primary N) is 1. The first-order valence-electron chi connectivity index (χ1n) is 7.18. The highest BCUT2D eigenvalue weighted by Gasteiger charge is 2.25. The monoisotopic (exact) mass is 306 g/mol. The largest absolute Gasteiger partial charge is 0.330 e. The minimum atomic E-state index is -3.51. The molecule has 0 aromatic heterocycles. The molecule has 2 rings (SSSR count). The second-order valence-corrected chi connectivity index (χ2v) is 7.18. The summed E-state index contributed by atoms with van der Waals surface area (Å²) in [4.78, 5) is 0.367. The van der Waals surface area contributed by atoms with Gasteiger partial charge in [-0.15, -0.1) is 0 Å². The average molecular weight is 306 g/mol. The predicted octanol–water partition coefficient (Wildman–Crippen LogP) is 2.45. The molecular formula is C16H22N2O2S. The molecule has 0 saturated carbocycles. The lowest BCUT2D eigenvalue weighted by molar-refractivity contribution is 0.371. The van der Waals surface area contributed by atoms with Gasteiger partial charge in [0.25, 0.3) is 0 Å². The number of hydrogen-bond acceptors (Lipinski definition) is 3. The lowest BCUT2D eigenvalue weighted by Gasteiger charge is -2.24. The van der Waals surface area contributed by atoms with Crippen LogP contribution in [-0.4, -0.2) is 32.4 Å². The molecule has 0 saturated heterocycles. The Kier molecular flexibility index (Phi) is 4.98. The Bertz CT molecular complexity index is 708. The van der Waals surface area contributed by atoms with Gasteiger partial charge in [-0.05, 0) is 23.9 Å². The molecule has 114 valence electrons. The van der Waals surface area contributed by atoms with Crippen molar-refractivity contribution in [3.05, 3.63) is 42.5 Å².